The van der Waals surface area contributed by atoms with Gasteiger partial charge in [-0.3, -0.25) is 4.90 Å². The summed E-state index contributed by atoms with van der Waals surface area (Å²) >= 11 is 0. The fraction of sp³-hybridized carbons (Fsp3) is 1.00. The van der Waals surface area contributed by atoms with Crippen molar-refractivity contribution in [1.82, 2.24) is 4.90 Å². The molecule has 2 fully saturated rings. The van der Waals surface area contributed by atoms with Crippen LogP contribution in [-0.2, 0) is 0 Å². The summed E-state index contributed by atoms with van der Waals surface area (Å²) in [4.78, 5) is 2.38. The fourth-order valence-electron chi connectivity index (χ4n) is 2.94. The molecule has 2 aliphatic rings. The third-order valence-corrected chi connectivity index (χ3v) is 3.48. The van der Waals surface area contributed by atoms with Crippen LogP contribution in [0.25, 0.3) is 0 Å². The second-order valence-electron chi connectivity index (χ2n) is 4.13. The summed E-state index contributed by atoms with van der Waals surface area (Å²) in [7, 11) is 0. The van der Waals surface area contributed by atoms with Gasteiger partial charge in [-0.25, -0.2) is 4.39 Å². The Morgan fingerprint density at radius 1 is 1.17 bits per heavy atom. The zero-order valence-corrected chi connectivity index (χ0v) is 7.64. The lowest BCUT2D eigenvalue weighted by molar-refractivity contribution is 0.105. The number of fused-ring (bicyclic) bond motifs is 1. The SMILES string of the molecule is FCCN1CCCC2CCCC21. The third-order valence-electron chi connectivity index (χ3n) is 3.48. The van der Waals surface area contributed by atoms with Crippen molar-refractivity contribution in [3.8, 4) is 0 Å². The van der Waals surface area contributed by atoms with Gasteiger partial charge in [0.25, 0.3) is 0 Å². The van der Waals surface area contributed by atoms with Crippen molar-refractivity contribution in [1.29, 1.82) is 0 Å². The van der Waals surface area contributed by atoms with Crippen molar-refractivity contribution in [2.45, 2.75) is 38.1 Å². The van der Waals surface area contributed by atoms with E-state index in [9.17, 15) is 4.39 Å². The average molecular weight is 171 g/mol. The third kappa shape index (κ3) is 1.49. The van der Waals surface area contributed by atoms with Gasteiger partial charge in [0.1, 0.15) is 6.67 Å². The molecule has 0 aromatic heterocycles. The summed E-state index contributed by atoms with van der Waals surface area (Å²) in [6.45, 7) is 1.66. The number of halogens is 1. The molecule has 0 aromatic carbocycles. The van der Waals surface area contributed by atoms with Crippen LogP contribution in [0.2, 0.25) is 0 Å². The highest BCUT2D eigenvalue weighted by Crippen LogP contribution is 2.36. The van der Waals surface area contributed by atoms with E-state index >= 15 is 0 Å². The van der Waals surface area contributed by atoms with Crippen LogP contribution in [0.5, 0.6) is 0 Å². The minimum Gasteiger partial charge on any atom is -0.298 e. The summed E-state index contributed by atoms with van der Waals surface area (Å²) in [6, 6.07) is 0.745. The molecule has 0 aromatic rings. The summed E-state index contributed by atoms with van der Waals surface area (Å²) in [5.74, 6) is 0.908. The predicted octanol–water partition coefficient (Wildman–Crippen LogP) is 2.22. The van der Waals surface area contributed by atoms with Crippen molar-refractivity contribution in [3.05, 3.63) is 0 Å². The fourth-order valence-corrected chi connectivity index (χ4v) is 2.94. The first kappa shape index (κ1) is 8.49. The van der Waals surface area contributed by atoms with E-state index in [2.05, 4.69) is 4.90 Å². The Morgan fingerprint density at radius 3 is 2.83 bits per heavy atom. The van der Waals surface area contributed by atoms with Gasteiger partial charge < -0.3 is 0 Å². The molecule has 0 radical (unpaired) electrons. The Balaban J connectivity index is 1.94. The molecule has 2 heteroatoms. The molecule has 1 saturated heterocycles. The summed E-state index contributed by atoms with van der Waals surface area (Å²) in [6.07, 6.45) is 6.78. The van der Waals surface area contributed by atoms with Crippen LogP contribution >= 0.6 is 0 Å². The van der Waals surface area contributed by atoms with Gasteiger partial charge in [-0.1, -0.05) is 6.42 Å². The van der Waals surface area contributed by atoms with E-state index < -0.39 is 0 Å². The zero-order chi connectivity index (χ0) is 8.39. The van der Waals surface area contributed by atoms with E-state index in [1.165, 1.54) is 32.1 Å². The van der Waals surface area contributed by atoms with Crippen LogP contribution in [0.1, 0.15) is 32.1 Å². The largest absolute Gasteiger partial charge is 0.298 e. The highest BCUT2D eigenvalue weighted by Gasteiger charge is 2.34. The lowest BCUT2D eigenvalue weighted by Gasteiger charge is -2.37. The van der Waals surface area contributed by atoms with Crippen LogP contribution < -0.4 is 0 Å². The smallest absolute Gasteiger partial charge is 0.102 e. The molecule has 70 valence electrons. The molecule has 2 atom stereocenters. The van der Waals surface area contributed by atoms with Gasteiger partial charge in [-0.15, -0.1) is 0 Å². The van der Waals surface area contributed by atoms with Gasteiger partial charge in [0.05, 0.1) is 0 Å². The number of nitrogens with zero attached hydrogens (tertiary/aromatic N) is 1. The van der Waals surface area contributed by atoms with E-state index in [-0.39, 0.29) is 6.67 Å². The molecule has 2 unspecified atom stereocenters. The van der Waals surface area contributed by atoms with Crippen molar-refractivity contribution in [3.63, 3.8) is 0 Å². The minimum atomic E-state index is -0.163. The van der Waals surface area contributed by atoms with E-state index in [0.717, 1.165) is 18.5 Å². The number of piperidine rings is 1. The van der Waals surface area contributed by atoms with Crippen molar-refractivity contribution < 1.29 is 4.39 Å². The molecule has 2 rings (SSSR count). The molecule has 1 aliphatic carbocycles. The van der Waals surface area contributed by atoms with E-state index in [1.807, 2.05) is 0 Å². The van der Waals surface area contributed by atoms with E-state index in [0.29, 0.717) is 6.54 Å². The van der Waals surface area contributed by atoms with Gasteiger partial charge in [0, 0.05) is 12.6 Å². The Labute approximate surface area is 73.9 Å². The molecule has 1 saturated carbocycles. The predicted molar refractivity (Wildman–Crippen MR) is 47.9 cm³/mol. The number of rotatable bonds is 2. The molecule has 0 N–H and O–H groups in total. The van der Waals surface area contributed by atoms with E-state index in [4.69, 9.17) is 0 Å². The number of hydrogen-bond acceptors (Lipinski definition) is 1. The van der Waals surface area contributed by atoms with Crippen molar-refractivity contribution in [2.24, 2.45) is 5.92 Å². The highest BCUT2D eigenvalue weighted by molar-refractivity contribution is 4.88. The van der Waals surface area contributed by atoms with Crippen LogP contribution in [0.3, 0.4) is 0 Å². The first-order valence-corrected chi connectivity index (χ1v) is 5.22. The van der Waals surface area contributed by atoms with Crippen LogP contribution in [0.4, 0.5) is 4.39 Å². The average Bonchev–Trinajstić information content (AvgIpc) is 2.53. The highest BCUT2D eigenvalue weighted by atomic mass is 19.1. The first-order chi connectivity index (χ1) is 5.92. The van der Waals surface area contributed by atoms with Crippen LogP contribution in [-0.4, -0.2) is 30.7 Å². The molecular weight excluding hydrogens is 153 g/mol. The first-order valence-electron chi connectivity index (χ1n) is 5.22. The number of alkyl halides is 1. The van der Waals surface area contributed by atoms with Gasteiger partial charge in [-0.2, -0.15) is 0 Å². The molecule has 12 heavy (non-hydrogen) atoms. The monoisotopic (exact) mass is 171 g/mol. The summed E-state index contributed by atoms with van der Waals surface area (Å²) < 4.78 is 12.2. The molecule has 1 nitrogen and oxygen atoms in total. The van der Waals surface area contributed by atoms with Crippen molar-refractivity contribution >= 4 is 0 Å². The van der Waals surface area contributed by atoms with Gasteiger partial charge in [0.2, 0.25) is 0 Å². The van der Waals surface area contributed by atoms with Crippen molar-refractivity contribution in [2.75, 3.05) is 19.8 Å². The molecule has 0 bridgehead atoms. The Kier molecular flexibility index (Phi) is 2.64. The Bertz CT molecular complexity index is 147. The maximum atomic E-state index is 12.2. The van der Waals surface area contributed by atoms with E-state index in [1.54, 1.807) is 0 Å². The molecular formula is C10H18FN. The Morgan fingerprint density at radius 2 is 2.00 bits per heavy atom. The van der Waals surface area contributed by atoms with Crippen LogP contribution in [0, 0.1) is 5.92 Å². The number of hydrogen-bond donors (Lipinski definition) is 0. The number of likely N-dealkylation sites (tertiary alicyclic amines) is 1. The molecule has 0 amide bonds. The summed E-state index contributed by atoms with van der Waals surface area (Å²) in [5.41, 5.74) is 0. The lowest BCUT2D eigenvalue weighted by Crippen LogP contribution is -2.43. The molecule has 1 heterocycles. The maximum absolute atomic E-state index is 12.2. The Hall–Kier alpha value is -0.110. The topological polar surface area (TPSA) is 3.24 Å². The minimum absolute atomic E-state index is 0.163. The molecule has 1 aliphatic heterocycles. The second-order valence-corrected chi connectivity index (χ2v) is 4.13. The standard InChI is InChI=1S/C10H18FN/c11-6-8-12-7-2-4-9-3-1-5-10(9)12/h9-10H,1-8H2. The van der Waals surface area contributed by atoms with Crippen LogP contribution in [0.15, 0.2) is 0 Å². The van der Waals surface area contributed by atoms with Gasteiger partial charge >= 0.3 is 0 Å². The lowest BCUT2D eigenvalue weighted by atomic mass is 9.92. The molecule has 0 spiro atoms. The summed E-state index contributed by atoms with van der Waals surface area (Å²) in [5, 5.41) is 0. The normalized spacial score (nSPS) is 36.8. The zero-order valence-electron chi connectivity index (χ0n) is 7.64. The van der Waals surface area contributed by atoms with Gasteiger partial charge in [-0.05, 0) is 38.1 Å². The maximum Gasteiger partial charge on any atom is 0.102 e. The quantitative estimate of drug-likeness (QED) is 0.615. The second kappa shape index (κ2) is 3.73. The van der Waals surface area contributed by atoms with Gasteiger partial charge in [0.15, 0.2) is 0 Å².